The van der Waals surface area contributed by atoms with Gasteiger partial charge in [-0.1, -0.05) is 30.3 Å². The van der Waals surface area contributed by atoms with Crippen molar-refractivity contribution in [3.63, 3.8) is 0 Å². The van der Waals surface area contributed by atoms with Gasteiger partial charge in [0.25, 0.3) is 5.91 Å². The summed E-state index contributed by atoms with van der Waals surface area (Å²) in [5.41, 5.74) is 1.69. The van der Waals surface area contributed by atoms with E-state index >= 15 is 0 Å². The van der Waals surface area contributed by atoms with E-state index in [0.29, 0.717) is 18.7 Å². The number of esters is 1. The third-order valence-corrected chi connectivity index (χ3v) is 3.27. The maximum Gasteiger partial charge on any atom is 0.306 e. The standard InChI is InChI=1S/C19H21NO4/c1-2-23-17-11-9-16(10-12-17)20-18(21)14-24-19(22)13-8-15-6-4-3-5-7-15/h3-7,9-12H,2,8,13-14H2,1H3,(H,20,21). The fourth-order valence-corrected chi connectivity index (χ4v) is 2.11. The number of benzene rings is 2. The van der Waals surface area contributed by atoms with Crippen LogP contribution in [0.4, 0.5) is 5.69 Å². The van der Waals surface area contributed by atoms with Crippen molar-refractivity contribution < 1.29 is 19.1 Å². The van der Waals surface area contributed by atoms with Gasteiger partial charge in [-0.3, -0.25) is 9.59 Å². The summed E-state index contributed by atoms with van der Waals surface area (Å²) in [6.45, 7) is 2.20. The van der Waals surface area contributed by atoms with Gasteiger partial charge in [-0.05, 0) is 43.2 Å². The molecule has 2 aromatic rings. The minimum absolute atomic E-state index is 0.250. The number of aryl methyl sites for hydroxylation is 1. The minimum Gasteiger partial charge on any atom is -0.494 e. The maximum atomic E-state index is 11.8. The fraction of sp³-hybridized carbons (Fsp3) is 0.263. The molecule has 0 aliphatic carbocycles. The van der Waals surface area contributed by atoms with Crippen molar-refractivity contribution in [2.45, 2.75) is 19.8 Å². The Hall–Kier alpha value is -2.82. The van der Waals surface area contributed by atoms with Crippen LogP contribution >= 0.6 is 0 Å². The Labute approximate surface area is 141 Å². The number of hydrogen-bond acceptors (Lipinski definition) is 4. The molecule has 126 valence electrons. The van der Waals surface area contributed by atoms with E-state index in [0.717, 1.165) is 11.3 Å². The summed E-state index contributed by atoms with van der Waals surface area (Å²) in [5.74, 6) is -0.0178. The quantitative estimate of drug-likeness (QED) is 0.756. The van der Waals surface area contributed by atoms with E-state index in [-0.39, 0.29) is 24.9 Å². The number of hydrogen-bond donors (Lipinski definition) is 1. The van der Waals surface area contributed by atoms with E-state index in [2.05, 4.69) is 5.32 Å². The molecule has 5 heteroatoms. The molecule has 24 heavy (non-hydrogen) atoms. The Balaban J connectivity index is 1.69. The van der Waals surface area contributed by atoms with Gasteiger partial charge in [0, 0.05) is 12.1 Å². The largest absolute Gasteiger partial charge is 0.494 e. The molecule has 0 heterocycles. The van der Waals surface area contributed by atoms with E-state index < -0.39 is 0 Å². The lowest BCUT2D eigenvalue weighted by molar-refractivity contribution is -0.147. The van der Waals surface area contributed by atoms with Crippen LogP contribution in [0.15, 0.2) is 54.6 Å². The highest BCUT2D eigenvalue weighted by Gasteiger charge is 2.08. The van der Waals surface area contributed by atoms with Crippen LogP contribution in [0.3, 0.4) is 0 Å². The highest BCUT2D eigenvalue weighted by Crippen LogP contribution is 2.15. The Bertz CT molecular complexity index is 653. The van der Waals surface area contributed by atoms with E-state index in [1.54, 1.807) is 24.3 Å². The van der Waals surface area contributed by atoms with E-state index in [9.17, 15) is 9.59 Å². The molecule has 0 radical (unpaired) electrons. The molecule has 0 saturated carbocycles. The van der Waals surface area contributed by atoms with Gasteiger partial charge in [0.1, 0.15) is 5.75 Å². The molecule has 0 saturated heterocycles. The minimum atomic E-state index is -0.388. The molecule has 0 aromatic heterocycles. The summed E-state index contributed by atoms with van der Waals surface area (Å²) in [6, 6.07) is 16.7. The summed E-state index contributed by atoms with van der Waals surface area (Å²) in [4.78, 5) is 23.5. The number of ether oxygens (including phenoxy) is 2. The van der Waals surface area contributed by atoms with Gasteiger partial charge < -0.3 is 14.8 Å². The van der Waals surface area contributed by atoms with Gasteiger partial charge in [-0.25, -0.2) is 0 Å². The molecule has 0 spiro atoms. The Morgan fingerprint density at radius 3 is 2.38 bits per heavy atom. The van der Waals surface area contributed by atoms with Crippen LogP contribution in [-0.2, 0) is 20.7 Å². The van der Waals surface area contributed by atoms with Crippen molar-refractivity contribution in [2.75, 3.05) is 18.5 Å². The topological polar surface area (TPSA) is 64.6 Å². The van der Waals surface area contributed by atoms with Gasteiger partial charge in [0.15, 0.2) is 6.61 Å². The molecule has 0 aliphatic heterocycles. The van der Waals surface area contributed by atoms with Crippen molar-refractivity contribution in [2.24, 2.45) is 0 Å². The van der Waals surface area contributed by atoms with Gasteiger partial charge >= 0.3 is 5.97 Å². The first-order valence-electron chi connectivity index (χ1n) is 7.89. The lowest BCUT2D eigenvalue weighted by atomic mass is 10.1. The summed E-state index contributed by atoms with van der Waals surface area (Å²) in [7, 11) is 0. The Kier molecular flexibility index (Phi) is 6.83. The van der Waals surface area contributed by atoms with Crippen LogP contribution in [0.25, 0.3) is 0 Å². The van der Waals surface area contributed by atoms with Gasteiger partial charge in [-0.2, -0.15) is 0 Å². The first-order chi connectivity index (χ1) is 11.7. The first kappa shape index (κ1) is 17.5. The average molecular weight is 327 g/mol. The van der Waals surface area contributed by atoms with Crippen LogP contribution in [-0.4, -0.2) is 25.1 Å². The predicted octanol–water partition coefficient (Wildman–Crippen LogP) is 3.20. The lowest BCUT2D eigenvalue weighted by Crippen LogP contribution is -2.21. The molecular formula is C19H21NO4. The summed E-state index contributed by atoms with van der Waals surface area (Å²) in [5, 5.41) is 2.67. The van der Waals surface area contributed by atoms with E-state index in [1.807, 2.05) is 37.3 Å². The predicted molar refractivity (Wildman–Crippen MR) is 92.0 cm³/mol. The molecule has 1 amide bonds. The summed E-state index contributed by atoms with van der Waals surface area (Å²) in [6.07, 6.45) is 0.848. The van der Waals surface area contributed by atoms with Crippen LogP contribution in [0, 0.1) is 0 Å². The van der Waals surface area contributed by atoms with Crippen LogP contribution < -0.4 is 10.1 Å². The Morgan fingerprint density at radius 1 is 1.00 bits per heavy atom. The molecule has 2 aromatic carbocycles. The smallest absolute Gasteiger partial charge is 0.306 e. The zero-order valence-electron chi connectivity index (χ0n) is 13.7. The molecule has 5 nitrogen and oxygen atoms in total. The molecule has 0 fully saturated rings. The van der Waals surface area contributed by atoms with Crippen LogP contribution in [0.2, 0.25) is 0 Å². The molecule has 0 atom stereocenters. The number of nitrogens with one attached hydrogen (secondary N) is 1. The fourth-order valence-electron chi connectivity index (χ4n) is 2.11. The van der Waals surface area contributed by atoms with Crippen LogP contribution in [0.1, 0.15) is 18.9 Å². The summed E-state index contributed by atoms with van der Waals surface area (Å²) >= 11 is 0. The van der Waals surface area contributed by atoms with Gasteiger partial charge in [0.2, 0.25) is 0 Å². The van der Waals surface area contributed by atoms with E-state index in [1.165, 1.54) is 0 Å². The van der Waals surface area contributed by atoms with Gasteiger partial charge in [-0.15, -0.1) is 0 Å². The lowest BCUT2D eigenvalue weighted by Gasteiger charge is -2.08. The van der Waals surface area contributed by atoms with Crippen molar-refractivity contribution in [3.8, 4) is 5.75 Å². The number of carbonyl (C=O) groups excluding carboxylic acids is 2. The second kappa shape index (κ2) is 9.35. The zero-order valence-corrected chi connectivity index (χ0v) is 13.7. The first-order valence-corrected chi connectivity index (χ1v) is 7.89. The van der Waals surface area contributed by atoms with E-state index in [4.69, 9.17) is 9.47 Å². The molecule has 0 unspecified atom stereocenters. The third-order valence-electron chi connectivity index (χ3n) is 3.27. The Morgan fingerprint density at radius 2 is 1.71 bits per heavy atom. The average Bonchev–Trinajstić information content (AvgIpc) is 2.61. The SMILES string of the molecule is CCOc1ccc(NC(=O)COC(=O)CCc2ccccc2)cc1. The van der Waals surface area contributed by atoms with Gasteiger partial charge in [0.05, 0.1) is 6.61 Å². The second-order valence-corrected chi connectivity index (χ2v) is 5.15. The molecule has 2 rings (SSSR count). The number of amides is 1. The van der Waals surface area contributed by atoms with Crippen molar-refractivity contribution in [1.82, 2.24) is 0 Å². The highest BCUT2D eigenvalue weighted by molar-refractivity contribution is 5.92. The number of rotatable bonds is 8. The molecular weight excluding hydrogens is 306 g/mol. The number of anilines is 1. The zero-order chi connectivity index (χ0) is 17.2. The van der Waals surface area contributed by atoms with Crippen LogP contribution in [0.5, 0.6) is 5.75 Å². The normalized spacial score (nSPS) is 10.0. The maximum absolute atomic E-state index is 11.8. The van der Waals surface area contributed by atoms with Crippen molar-refractivity contribution in [3.05, 3.63) is 60.2 Å². The molecule has 1 N–H and O–H groups in total. The monoisotopic (exact) mass is 327 g/mol. The van der Waals surface area contributed by atoms with Crippen molar-refractivity contribution >= 4 is 17.6 Å². The second-order valence-electron chi connectivity index (χ2n) is 5.15. The van der Waals surface area contributed by atoms with Crippen molar-refractivity contribution in [1.29, 1.82) is 0 Å². The third kappa shape index (κ3) is 6.12. The number of carbonyl (C=O) groups is 2. The molecule has 0 bridgehead atoms. The highest BCUT2D eigenvalue weighted by atomic mass is 16.5. The summed E-state index contributed by atoms with van der Waals surface area (Å²) < 4.78 is 10.3. The molecule has 0 aliphatic rings.